The molecule has 2 nitrogen and oxygen atoms in total. The van der Waals surface area contributed by atoms with Gasteiger partial charge >= 0.3 is 0 Å². The second-order valence-corrected chi connectivity index (χ2v) is 5.43. The van der Waals surface area contributed by atoms with Crippen molar-refractivity contribution >= 4 is 31.9 Å². The minimum Gasteiger partial charge on any atom is -0.452 e. The SMILES string of the molecule is CCNC(c1ccc(Br)o1)c1ccc(F)cc1Br. The average Bonchev–Trinajstić information content (AvgIpc) is 2.73. The third kappa shape index (κ3) is 3.02. The molecule has 0 aliphatic heterocycles. The molecule has 0 saturated heterocycles. The topological polar surface area (TPSA) is 25.2 Å². The summed E-state index contributed by atoms with van der Waals surface area (Å²) in [6, 6.07) is 8.30. The van der Waals surface area contributed by atoms with Gasteiger partial charge < -0.3 is 9.73 Å². The Morgan fingerprint density at radius 3 is 2.61 bits per heavy atom. The molecule has 1 atom stereocenters. The fourth-order valence-corrected chi connectivity index (χ4v) is 2.69. The second-order valence-electron chi connectivity index (χ2n) is 3.80. The lowest BCUT2D eigenvalue weighted by molar-refractivity contribution is 0.436. The van der Waals surface area contributed by atoms with E-state index in [0.29, 0.717) is 4.67 Å². The quantitative estimate of drug-likeness (QED) is 0.840. The standard InChI is InChI=1S/C13H12Br2FNO/c1-2-17-13(11-5-6-12(15)18-11)9-4-3-8(16)7-10(9)14/h3-7,13,17H,2H2,1H3. The van der Waals surface area contributed by atoms with E-state index in [1.54, 1.807) is 6.07 Å². The molecular weight excluding hydrogens is 365 g/mol. The molecule has 0 radical (unpaired) electrons. The van der Waals surface area contributed by atoms with E-state index in [1.807, 2.05) is 19.1 Å². The summed E-state index contributed by atoms with van der Waals surface area (Å²) < 4.78 is 20.1. The highest BCUT2D eigenvalue weighted by Crippen LogP contribution is 2.31. The number of nitrogens with one attached hydrogen (secondary N) is 1. The lowest BCUT2D eigenvalue weighted by Gasteiger charge is -2.17. The zero-order chi connectivity index (χ0) is 13.1. The van der Waals surface area contributed by atoms with E-state index in [9.17, 15) is 4.39 Å². The fraction of sp³-hybridized carbons (Fsp3) is 0.231. The van der Waals surface area contributed by atoms with Gasteiger partial charge in [0.1, 0.15) is 11.6 Å². The van der Waals surface area contributed by atoms with Crippen molar-refractivity contribution in [2.75, 3.05) is 6.54 Å². The molecule has 1 unspecified atom stereocenters. The van der Waals surface area contributed by atoms with Crippen LogP contribution in [-0.2, 0) is 0 Å². The molecule has 0 aliphatic rings. The summed E-state index contributed by atoms with van der Waals surface area (Å²) in [5.41, 5.74) is 0.945. The highest BCUT2D eigenvalue weighted by Gasteiger charge is 2.19. The van der Waals surface area contributed by atoms with Crippen LogP contribution in [0.2, 0.25) is 0 Å². The summed E-state index contributed by atoms with van der Waals surface area (Å²) >= 11 is 6.68. The second kappa shape index (κ2) is 5.99. The summed E-state index contributed by atoms with van der Waals surface area (Å²) in [5.74, 6) is 0.525. The summed E-state index contributed by atoms with van der Waals surface area (Å²) in [7, 11) is 0. The van der Waals surface area contributed by atoms with Gasteiger partial charge in [-0.25, -0.2) is 4.39 Å². The van der Waals surface area contributed by atoms with Gasteiger partial charge in [-0.15, -0.1) is 0 Å². The van der Waals surface area contributed by atoms with Gasteiger partial charge in [0.15, 0.2) is 4.67 Å². The Morgan fingerprint density at radius 2 is 2.06 bits per heavy atom. The van der Waals surface area contributed by atoms with Crippen LogP contribution < -0.4 is 5.32 Å². The Hall–Kier alpha value is -0.650. The van der Waals surface area contributed by atoms with Crippen LogP contribution in [0.1, 0.15) is 24.3 Å². The molecule has 1 heterocycles. The molecule has 2 rings (SSSR count). The first-order chi connectivity index (χ1) is 8.61. The predicted octanol–water partition coefficient (Wildman–Crippen LogP) is 4.64. The summed E-state index contributed by atoms with van der Waals surface area (Å²) in [4.78, 5) is 0. The summed E-state index contributed by atoms with van der Waals surface area (Å²) in [6.07, 6.45) is 0. The lowest BCUT2D eigenvalue weighted by atomic mass is 10.0. The Labute approximate surface area is 122 Å². The third-order valence-electron chi connectivity index (χ3n) is 2.56. The lowest BCUT2D eigenvalue weighted by Crippen LogP contribution is -2.21. The first kappa shape index (κ1) is 13.8. The molecule has 1 N–H and O–H groups in total. The zero-order valence-electron chi connectivity index (χ0n) is 9.71. The molecule has 0 aliphatic carbocycles. The van der Waals surface area contributed by atoms with Gasteiger partial charge in [-0.3, -0.25) is 0 Å². The van der Waals surface area contributed by atoms with Crippen LogP contribution in [0.5, 0.6) is 0 Å². The Kier molecular flexibility index (Phi) is 4.59. The molecule has 18 heavy (non-hydrogen) atoms. The van der Waals surface area contributed by atoms with Gasteiger partial charge in [0.25, 0.3) is 0 Å². The van der Waals surface area contributed by atoms with Crippen molar-refractivity contribution in [3.8, 4) is 0 Å². The van der Waals surface area contributed by atoms with E-state index in [0.717, 1.165) is 22.3 Å². The third-order valence-corrected chi connectivity index (χ3v) is 3.67. The molecule has 0 amide bonds. The maximum absolute atomic E-state index is 13.1. The van der Waals surface area contributed by atoms with Crippen LogP contribution in [-0.4, -0.2) is 6.54 Å². The molecule has 0 spiro atoms. The van der Waals surface area contributed by atoms with Gasteiger partial charge in [-0.1, -0.05) is 28.9 Å². The van der Waals surface area contributed by atoms with E-state index in [2.05, 4.69) is 37.2 Å². The number of hydrogen-bond donors (Lipinski definition) is 1. The fourth-order valence-electron chi connectivity index (χ4n) is 1.79. The van der Waals surface area contributed by atoms with Crippen molar-refractivity contribution in [3.63, 3.8) is 0 Å². The van der Waals surface area contributed by atoms with E-state index < -0.39 is 0 Å². The molecule has 96 valence electrons. The van der Waals surface area contributed by atoms with Crippen molar-refractivity contribution < 1.29 is 8.81 Å². The van der Waals surface area contributed by atoms with Gasteiger partial charge in [-0.05, 0) is 52.3 Å². The molecule has 0 fully saturated rings. The summed E-state index contributed by atoms with van der Waals surface area (Å²) in [5, 5.41) is 3.32. The normalized spacial score (nSPS) is 12.7. The minimum atomic E-state index is -0.263. The number of rotatable bonds is 4. The van der Waals surface area contributed by atoms with Crippen molar-refractivity contribution in [3.05, 3.63) is 56.6 Å². The van der Waals surface area contributed by atoms with Crippen molar-refractivity contribution in [2.24, 2.45) is 0 Å². The van der Waals surface area contributed by atoms with Crippen molar-refractivity contribution in [2.45, 2.75) is 13.0 Å². The molecule has 0 bridgehead atoms. The first-order valence-corrected chi connectivity index (χ1v) is 7.14. The molecule has 0 saturated carbocycles. The van der Waals surface area contributed by atoms with E-state index >= 15 is 0 Å². The smallest absolute Gasteiger partial charge is 0.169 e. The Bertz CT molecular complexity index is 542. The van der Waals surface area contributed by atoms with Crippen LogP contribution in [0.3, 0.4) is 0 Å². The monoisotopic (exact) mass is 375 g/mol. The van der Waals surface area contributed by atoms with Crippen LogP contribution >= 0.6 is 31.9 Å². The first-order valence-electron chi connectivity index (χ1n) is 5.55. The van der Waals surface area contributed by atoms with Crippen LogP contribution in [0.15, 0.2) is 43.9 Å². The molecular formula is C13H12Br2FNO. The Morgan fingerprint density at radius 1 is 1.28 bits per heavy atom. The van der Waals surface area contributed by atoms with Gasteiger partial charge in [0.05, 0.1) is 6.04 Å². The van der Waals surface area contributed by atoms with Gasteiger partial charge in [0, 0.05) is 4.47 Å². The number of furan rings is 1. The molecule has 5 heteroatoms. The number of halogens is 3. The summed E-state index contributed by atoms with van der Waals surface area (Å²) in [6.45, 7) is 2.80. The van der Waals surface area contributed by atoms with Crippen molar-refractivity contribution in [1.82, 2.24) is 5.32 Å². The highest BCUT2D eigenvalue weighted by molar-refractivity contribution is 9.10. The maximum atomic E-state index is 13.1. The predicted molar refractivity (Wildman–Crippen MR) is 76.0 cm³/mol. The molecule has 2 aromatic rings. The number of benzene rings is 1. The molecule has 1 aromatic heterocycles. The van der Waals surface area contributed by atoms with Crippen LogP contribution in [0.25, 0.3) is 0 Å². The van der Waals surface area contributed by atoms with E-state index in [1.165, 1.54) is 12.1 Å². The van der Waals surface area contributed by atoms with Crippen LogP contribution in [0, 0.1) is 5.82 Å². The van der Waals surface area contributed by atoms with E-state index in [-0.39, 0.29) is 11.9 Å². The largest absolute Gasteiger partial charge is 0.452 e. The minimum absolute atomic E-state index is 0.101. The van der Waals surface area contributed by atoms with Crippen molar-refractivity contribution in [1.29, 1.82) is 0 Å². The zero-order valence-corrected chi connectivity index (χ0v) is 12.9. The Balaban J connectivity index is 2.41. The molecule has 1 aromatic carbocycles. The van der Waals surface area contributed by atoms with Gasteiger partial charge in [0.2, 0.25) is 0 Å². The maximum Gasteiger partial charge on any atom is 0.169 e. The van der Waals surface area contributed by atoms with E-state index in [4.69, 9.17) is 4.42 Å². The van der Waals surface area contributed by atoms with Gasteiger partial charge in [-0.2, -0.15) is 0 Å². The van der Waals surface area contributed by atoms with Crippen LogP contribution in [0.4, 0.5) is 4.39 Å². The highest BCUT2D eigenvalue weighted by atomic mass is 79.9. The average molecular weight is 377 g/mol. The number of hydrogen-bond acceptors (Lipinski definition) is 2.